The quantitative estimate of drug-likeness (QED) is 0.180. The SMILES string of the molecule is COc1cc(/C=C2\SC(=O)N(CC(=O)N3CCOCC3)C2=O)cc(Br)c1OS(=O)(=O)c1cccc([N+](=O)[O-])c1. The maximum atomic E-state index is 12.9. The number of imide groups is 1. The molecule has 0 unspecified atom stereocenters. The van der Waals surface area contributed by atoms with Crippen LogP contribution in [0.25, 0.3) is 6.08 Å². The van der Waals surface area contributed by atoms with Gasteiger partial charge in [-0.25, -0.2) is 0 Å². The fraction of sp³-hybridized carbons (Fsp3) is 0.261. The molecule has 0 aromatic heterocycles. The summed E-state index contributed by atoms with van der Waals surface area (Å²) in [5.41, 5.74) is -0.0644. The molecule has 206 valence electrons. The summed E-state index contributed by atoms with van der Waals surface area (Å²) in [6.07, 6.45) is 1.40. The van der Waals surface area contributed by atoms with E-state index in [4.69, 9.17) is 13.7 Å². The number of nitro benzene ring substituents is 1. The lowest BCUT2D eigenvalue weighted by atomic mass is 10.2. The monoisotopic (exact) mass is 641 g/mol. The summed E-state index contributed by atoms with van der Waals surface area (Å²) in [4.78, 5) is 50.2. The van der Waals surface area contributed by atoms with Gasteiger partial charge in [-0.15, -0.1) is 0 Å². The second-order valence-electron chi connectivity index (χ2n) is 8.09. The fourth-order valence-electron chi connectivity index (χ4n) is 3.65. The van der Waals surface area contributed by atoms with Crippen molar-refractivity contribution in [2.75, 3.05) is 40.0 Å². The summed E-state index contributed by atoms with van der Waals surface area (Å²) in [6, 6.07) is 7.19. The Kier molecular flexibility index (Phi) is 8.58. The van der Waals surface area contributed by atoms with Crippen molar-refractivity contribution >= 4 is 66.6 Å². The van der Waals surface area contributed by atoms with Crippen LogP contribution < -0.4 is 8.92 Å². The minimum atomic E-state index is -4.49. The maximum absolute atomic E-state index is 12.9. The zero-order valence-corrected chi connectivity index (χ0v) is 23.4. The Labute approximate surface area is 235 Å². The first kappa shape index (κ1) is 28.5. The van der Waals surface area contributed by atoms with Crippen molar-refractivity contribution in [2.24, 2.45) is 0 Å². The zero-order valence-electron chi connectivity index (χ0n) is 20.2. The highest BCUT2D eigenvalue weighted by Gasteiger charge is 2.37. The first-order chi connectivity index (χ1) is 18.5. The molecule has 0 radical (unpaired) electrons. The van der Waals surface area contributed by atoms with Crippen molar-refractivity contribution in [2.45, 2.75) is 4.90 Å². The van der Waals surface area contributed by atoms with E-state index < -0.39 is 43.3 Å². The summed E-state index contributed by atoms with van der Waals surface area (Å²) in [6.45, 7) is 1.14. The summed E-state index contributed by atoms with van der Waals surface area (Å²) >= 11 is 3.89. The number of carbonyl (C=O) groups excluding carboxylic acids is 3. The van der Waals surface area contributed by atoms with Crippen LogP contribution in [0.5, 0.6) is 11.5 Å². The van der Waals surface area contributed by atoms with Crippen molar-refractivity contribution < 1.29 is 41.4 Å². The van der Waals surface area contributed by atoms with Crippen LogP contribution in [0.3, 0.4) is 0 Å². The number of morpholine rings is 1. The number of rotatable bonds is 8. The molecule has 0 bridgehead atoms. The van der Waals surface area contributed by atoms with E-state index in [0.717, 1.165) is 23.1 Å². The number of thioether (sulfide) groups is 1. The highest BCUT2D eigenvalue weighted by atomic mass is 79.9. The lowest BCUT2D eigenvalue weighted by Gasteiger charge is -2.28. The minimum Gasteiger partial charge on any atom is -0.493 e. The highest BCUT2D eigenvalue weighted by molar-refractivity contribution is 9.10. The summed E-state index contributed by atoms with van der Waals surface area (Å²) < 4.78 is 41.5. The van der Waals surface area contributed by atoms with E-state index in [1.807, 2.05) is 0 Å². The van der Waals surface area contributed by atoms with E-state index in [0.29, 0.717) is 43.6 Å². The molecule has 2 aromatic carbocycles. The zero-order chi connectivity index (χ0) is 28.3. The Morgan fingerprint density at radius 2 is 1.95 bits per heavy atom. The third kappa shape index (κ3) is 6.41. The van der Waals surface area contributed by atoms with E-state index in [9.17, 15) is 32.9 Å². The topological polar surface area (TPSA) is 163 Å². The van der Waals surface area contributed by atoms with Crippen molar-refractivity contribution in [3.63, 3.8) is 0 Å². The molecule has 0 saturated carbocycles. The molecule has 0 atom stereocenters. The van der Waals surface area contributed by atoms with Crippen molar-refractivity contribution in [3.05, 3.63) is 61.5 Å². The molecule has 3 amide bonds. The Morgan fingerprint density at radius 1 is 1.23 bits per heavy atom. The van der Waals surface area contributed by atoms with Gasteiger partial charge in [0.15, 0.2) is 11.5 Å². The predicted octanol–water partition coefficient (Wildman–Crippen LogP) is 3.03. The molecular formula is C23H20BrN3O10S2. The molecule has 16 heteroatoms. The second-order valence-corrected chi connectivity index (χ2v) is 11.5. The van der Waals surface area contributed by atoms with Gasteiger partial charge in [-0.1, -0.05) is 6.07 Å². The molecule has 39 heavy (non-hydrogen) atoms. The van der Waals surface area contributed by atoms with Crippen LogP contribution in [-0.2, 0) is 24.4 Å². The van der Waals surface area contributed by atoms with Crippen LogP contribution >= 0.6 is 27.7 Å². The summed E-state index contributed by atoms with van der Waals surface area (Å²) in [5, 5.41) is 10.4. The van der Waals surface area contributed by atoms with Gasteiger partial charge in [-0.2, -0.15) is 8.42 Å². The summed E-state index contributed by atoms with van der Waals surface area (Å²) in [5.74, 6) is -1.27. The van der Waals surface area contributed by atoms with Gasteiger partial charge in [0.1, 0.15) is 11.4 Å². The number of amides is 3. The summed E-state index contributed by atoms with van der Waals surface area (Å²) in [7, 11) is -3.22. The van der Waals surface area contributed by atoms with Crippen LogP contribution in [-0.4, -0.2) is 80.2 Å². The van der Waals surface area contributed by atoms with E-state index >= 15 is 0 Å². The molecule has 4 rings (SSSR count). The number of methoxy groups -OCH3 is 1. The molecule has 2 saturated heterocycles. The number of halogens is 1. The normalized spacial score (nSPS) is 17.0. The Bertz CT molecular complexity index is 1490. The molecule has 2 heterocycles. The molecule has 2 aliphatic heterocycles. The third-order valence-corrected chi connectivity index (χ3v) is 8.30. The van der Waals surface area contributed by atoms with Crippen molar-refractivity contribution in [1.82, 2.24) is 9.80 Å². The number of nitrogens with zero attached hydrogens (tertiary/aromatic N) is 3. The molecule has 2 aromatic rings. The van der Waals surface area contributed by atoms with E-state index in [2.05, 4.69) is 15.9 Å². The van der Waals surface area contributed by atoms with Crippen LogP contribution in [0.15, 0.2) is 50.7 Å². The lowest BCUT2D eigenvalue weighted by molar-refractivity contribution is -0.385. The van der Waals surface area contributed by atoms with Gasteiger partial charge in [0.25, 0.3) is 16.8 Å². The number of carbonyl (C=O) groups is 3. The molecule has 2 fully saturated rings. The number of nitro groups is 1. The molecule has 0 spiro atoms. The second kappa shape index (κ2) is 11.7. The van der Waals surface area contributed by atoms with Crippen molar-refractivity contribution in [1.29, 1.82) is 0 Å². The lowest BCUT2D eigenvalue weighted by Crippen LogP contribution is -2.46. The average molecular weight is 642 g/mol. The van der Waals surface area contributed by atoms with Gasteiger partial charge in [0.2, 0.25) is 5.91 Å². The fourth-order valence-corrected chi connectivity index (χ4v) is 6.13. The van der Waals surface area contributed by atoms with Gasteiger partial charge in [-0.05, 0) is 57.5 Å². The van der Waals surface area contributed by atoms with Crippen LogP contribution in [0, 0.1) is 10.1 Å². The van der Waals surface area contributed by atoms with Crippen molar-refractivity contribution in [3.8, 4) is 11.5 Å². The molecule has 0 N–H and O–H groups in total. The standard InChI is InChI=1S/C23H20BrN3O10S2/c1-35-18-10-14(9-17(24)21(18)37-39(33,34)16-4-2-3-15(12-16)27(31)32)11-19-22(29)26(23(30)38-19)13-20(28)25-5-7-36-8-6-25/h2-4,9-12H,5-8,13H2,1H3/b19-11-. The largest absolute Gasteiger partial charge is 0.493 e. The van der Waals surface area contributed by atoms with E-state index in [1.54, 1.807) is 0 Å². The van der Waals surface area contributed by atoms with Gasteiger partial charge in [0, 0.05) is 25.2 Å². The van der Waals surface area contributed by atoms with Crippen LogP contribution in [0.2, 0.25) is 0 Å². The third-order valence-electron chi connectivity index (χ3n) is 5.59. The van der Waals surface area contributed by atoms with Gasteiger partial charge >= 0.3 is 10.1 Å². The number of ether oxygens (including phenoxy) is 2. The Balaban J connectivity index is 1.55. The molecule has 13 nitrogen and oxygen atoms in total. The molecular weight excluding hydrogens is 622 g/mol. The average Bonchev–Trinajstić information content (AvgIpc) is 3.17. The van der Waals surface area contributed by atoms with E-state index in [1.165, 1.54) is 36.3 Å². The first-order valence-corrected chi connectivity index (χ1v) is 14.2. The first-order valence-electron chi connectivity index (χ1n) is 11.2. The maximum Gasteiger partial charge on any atom is 0.339 e. The number of benzene rings is 2. The van der Waals surface area contributed by atoms with Gasteiger partial charge < -0.3 is 18.6 Å². The molecule has 0 aliphatic carbocycles. The van der Waals surface area contributed by atoms with E-state index in [-0.39, 0.29) is 26.8 Å². The smallest absolute Gasteiger partial charge is 0.339 e. The Morgan fingerprint density at radius 3 is 2.62 bits per heavy atom. The number of non-ortho nitro benzene ring substituents is 1. The minimum absolute atomic E-state index is 0.0358. The highest BCUT2D eigenvalue weighted by Crippen LogP contribution is 2.40. The number of hydrogen-bond donors (Lipinski definition) is 0. The van der Waals surface area contributed by atoms with Gasteiger partial charge in [0.05, 0.1) is 34.6 Å². The van der Waals surface area contributed by atoms with Gasteiger partial charge in [-0.3, -0.25) is 29.4 Å². The van der Waals surface area contributed by atoms with Crippen LogP contribution in [0.4, 0.5) is 10.5 Å². The van der Waals surface area contributed by atoms with Crippen LogP contribution in [0.1, 0.15) is 5.56 Å². The Hall–Kier alpha value is -3.47. The number of hydrogen-bond acceptors (Lipinski definition) is 11. The predicted molar refractivity (Wildman–Crippen MR) is 142 cm³/mol. The molecule has 2 aliphatic rings.